The third-order valence-electron chi connectivity index (χ3n) is 3.45. The second kappa shape index (κ2) is 6.69. The van der Waals surface area contributed by atoms with Crippen molar-refractivity contribution in [1.29, 1.82) is 0 Å². The van der Waals surface area contributed by atoms with E-state index in [4.69, 9.17) is 4.74 Å². The van der Waals surface area contributed by atoms with Gasteiger partial charge in [0, 0.05) is 28.8 Å². The van der Waals surface area contributed by atoms with Gasteiger partial charge in [0.15, 0.2) is 0 Å². The normalized spacial score (nSPS) is 24.7. The molecule has 0 spiro atoms. The first-order chi connectivity index (χ1) is 8.66. The third kappa shape index (κ3) is 3.81. The van der Waals surface area contributed by atoms with Crippen LogP contribution in [-0.2, 0) is 4.74 Å². The highest BCUT2D eigenvalue weighted by molar-refractivity contribution is 7.12. The van der Waals surface area contributed by atoms with Crippen molar-refractivity contribution in [1.82, 2.24) is 5.32 Å². The maximum atomic E-state index is 6.02. The zero-order valence-corrected chi connectivity index (χ0v) is 12.6. The first-order valence-electron chi connectivity index (χ1n) is 7.05. The molecular weight excluding hydrogens is 242 g/mol. The first kappa shape index (κ1) is 14.0. The lowest BCUT2D eigenvalue weighted by Gasteiger charge is -2.31. The van der Waals surface area contributed by atoms with Crippen molar-refractivity contribution >= 4 is 11.3 Å². The largest absolute Gasteiger partial charge is 0.372 e. The van der Waals surface area contributed by atoms with Gasteiger partial charge in [0.2, 0.25) is 0 Å². The van der Waals surface area contributed by atoms with E-state index in [0.717, 1.165) is 25.6 Å². The van der Waals surface area contributed by atoms with Crippen LogP contribution < -0.4 is 5.32 Å². The molecule has 2 unspecified atom stereocenters. The fourth-order valence-corrected chi connectivity index (χ4v) is 3.55. The standard InChI is InChI=1S/C15H25NOS/c1-11(2)9-16-10-13-5-4-8-17-15(13)14-7-6-12(3)18-14/h6-7,11,13,15-16H,4-5,8-10H2,1-3H3. The van der Waals surface area contributed by atoms with Crippen molar-refractivity contribution < 1.29 is 4.74 Å². The molecule has 0 aromatic carbocycles. The predicted molar refractivity (Wildman–Crippen MR) is 78.2 cm³/mol. The smallest absolute Gasteiger partial charge is 0.0956 e. The maximum absolute atomic E-state index is 6.02. The Bertz CT molecular complexity index is 361. The average Bonchev–Trinajstić information content (AvgIpc) is 2.76. The molecule has 1 aromatic rings. The lowest BCUT2D eigenvalue weighted by Crippen LogP contribution is -2.33. The Morgan fingerprint density at radius 3 is 2.94 bits per heavy atom. The summed E-state index contributed by atoms with van der Waals surface area (Å²) < 4.78 is 6.02. The Morgan fingerprint density at radius 2 is 2.28 bits per heavy atom. The summed E-state index contributed by atoms with van der Waals surface area (Å²) in [4.78, 5) is 2.79. The van der Waals surface area contributed by atoms with Crippen molar-refractivity contribution in [3.63, 3.8) is 0 Å². The molecule has 2 nitrogen and oxygen atoms in total. The molecule has 0 saturated carbocycles. The minimum Gasteiger partial charge on any atom is -0.372 e. The van der Waals surface area contributed by atoms with Gasteiger partial charge in [-0.1, -0.05) is 13.8 Å². The zero-order chi connectivity index (χ0) is 13.0. The molecule has 2 atom stereocenters. The van der Waals surface area contributed by atoms with Crippen molar-refractivity contribution in [3.05, 3.63) is 21.9 Å². The number of aryl methyl sites for hydroxylation is 1. The first-order valence-corrected chi connectivity index (χ1v) is 7.87. The van der Waals surface area contributed by atoms with Gasteiger partial charge in [0.1, 0.15) is 0 Å². The van der Waals surface area contributed by atoms with Crippen LogP contribution in [0.4, 0.5) is 0 Å². The quantitative estimate of drug-likeness (QED) is 0.877. The molecule has 1 fully saturated rings. The fourth-order valence-electron chi connectivity index (χ4n) is 2.53. The number of rotatable bonds is 5. The van der Waals surface area contributed by atoms with Crippen LogP contribution in [0.25, 0.3) is 0 Å². The van der Waals surface area contributed by atoms with E-state index >= 15 is 0 Å². The van der Waals surface area contributed by atoms with Gasteiger partial charge < -0.3 is 10.1 Å². The Hall–Kier alpha value is -0.380. The van der Waals surface area contributed by atoms with Gasteiger partial charge in [-0.15, -0.1) is 11.3 Å². The molecule has 102 valence electrons. The Kier molecular flexibility index (Phi) is 5.22. The summed E-state index contributed by atoms with van der Waals surface area (Å²) in [7, 11) is 0. The van der Waals surface area contributed by atoms with Crippen LogP contribution in [0.15, 0.2) is 12.1 Å². The molecule has 2 heterocycles. The summed E-state index contributed by atoms with van der Waals surface area (Å²) in [5, 5.41) is 3.59. The Morgan fingerprint density at radius 1 is 1.44 bits per heavy atom. The van der Waals surface area contributed by atoms with Gasteiger partial charge >= 0.3 is 0 Å². The molecule has 0 amide bonds. The minimum atomic E-state index is 0.317. The summed E-state index contributed by atoms with van der Waals surface area (Å²) in [6, 6.07) is 4.45. The van der Waals surface area contributed by atoms with E-state index in [1.807, 2.05) is 11.3 Å². The number of hydrogen-bond acceptors (Lipinski definition) is 3. The molecular formula is C15H25NOS. The third-order valence-corrected chi connectivity index (χ3v) is 4.51. The predicted octanol–water partition coefficient (Wildman–Crippen LogP) is 3.77. The van der Waals surface area contributed by atoms with Crippen LogP contribution in [0.2, 0.25) is 0 Å². The summed E-state index contributed by atoms with van der Waals surface area (Å²) in [6.07, 6.45) is 2.80. The number of hydrogen-bond donors (Lipinski definition) is 1. The van der Waals surface area contributed by atoms with Gasteiger partial charge in [-0.2, -0.15) is 0 Å². The van der Waals surface area contributed by atoms with E-state index in [1.54, 1.807) is 0 Å². The highest BCUT2D eigenvalue weighted by atomic mass is 32.1. The molecule has 1 aromatic heterocycles. The van der Waals surface area contributed by atoms with E-state index in [0.29, 0.717) is 12.0 Å². The van der Waals surface area contributed by atoms with Crippen LogP contribution >= 0.6 is 11.3 Å². The SMILES string of the molecule is Cc1ccc(C2OCCCC2CNCC(C)C)s1. The van der Waals surface area contributed by atoms with Crippen LogP contribution in [0.5, 0.6) is 0 Å². The van der Waals surface area contributed by atoms with Gasteiger partial charge in [0.05, 0.1) is 6.10 Å². The molecule has 2 rings (SSSR count). The number of nitrogens with one attached hydrogen (secondary N) is 1. The molecule has 1 N–H and O–H groups in total. The van der Waals surface area contributed by atoms with Crippen molar-refractivity contribution in [2.45, 2.75) is 39.7 Å². The monoisotopic (exact) mass is 267 g/mol. The van der Waals surface area contributed by atoms with Crippen LogP contribution in [0.1, 0.15) is 42.5 Å². The molecule has 1 aliphatic rings. The molecule has 0 radical (unpaired) electrons. The van der Waals surface area contributed by atoms with Crippen molar-refractivity contribution in [3.8, 4) is 0 Å². The summed E-state index contributed by atoms with van der Waals surface area (Å²) in [5.41, 5.74) is 0. The molecule has 0 aliphatic carbocycles. The molecule has 1 saturated heterocycles. The second-order valence-electron chi connectivity index (χ2n) is 5.69. The van der Waals surface area contributed by atoms with E-state index in [2.05, 4.69) is 38.2 Å². The van der Waals surface area contributed by atoms with Gasteiger partial charge in [-0.3, -0.25) is 0 Å². The zero-order valence-electron chi connectivity index (χ0n) is 11.7. The molecule has 0 bridgehead atoms. The highest BCUT2D eigenvalue weighted by Crippen LogP contribution is 2.36. The van der Waals surface area contributed by atoms with E-state index < -0.39 is 0 Å². The van der Waals surface area contributed by atoms with E-state index in [1.165, 1.54) is 22.6 Å². The van der Waals surface area contributed by atoms with Gasteiger partial charge in [0.25, 0.3) is 0 Å². The van der Waals surface area contributed by atoms with Gasteiger partial charge in [-0.25, -0.2) is 0 Å². The van der Waals surface area contributed by atoms with Crippen molar-refractivity contribution in [2.75, 3.05) is 19.7 Å². The van der Waals surface area contributed by atoms with E-state index in [9.17, 15) is 0 Å². The maximum Gasteiger partial charge on any atom is 0.0956 e. The Labute approximate surface area is 115 Å². The van der Waals surface area contributed by atoms with Gasteiger partial charge in [-0.05, 0) is 44.4 Å². The molecule has 3 heteroatoms. The lowest BCUT2D eigenvalue weighted by molar-refractivity contribution is -0.0257. The Balaban J connectivity index is 1.93. The minimum absolute atomic E-state index is 0.317. The summed E-state index contributed by atoms with van der Waals surface area (Å²) in [6.45, 7) is 9.78. The second-order valence-corrected chi connectivity index (χ2v) is 7.01. The van der Waals surface area contributed by atoms with Crippen LogP contribution in [0, 0.1) is 18.8 Å². The highest BCUT2D eigenvalue weighted by Gasteiger charge is 2.28. The van der Waals surface area contributed by atoms with Crippen LogP contribution in [0.3, 0.4) is 0 Å². The lowest BCUT2D eigenvalue weighted by atomic mass is 9.93. The average molecular weight is 267 g/mol. The number of ether oxygens (including phenoxy) is 1. The number of thiophene rings is 1. The molecule has 1 aliphatic heterocycles. The topological polar surface area (TPSA) is 21.3 Å². The summed E-state index contributed by atoms with van der Waals surface area (Å²) >= 11 is 1.88. The molecule has 18 heavy (non-hydrogen) atoms. The van der Waals surface area contributed by atoms with Crippen molar-refractivity contribution in [2.24, 2.45) is 11.8 Å². The van der Waals surface area contributed by atoms with E-state index in [-0.39, 0.29) is 0 Å². The summed E-state index contributed by atoms with van der Waals surface area (Å²) in [5.74, 6) is 1.35. The van der Waals surface area contributed by atoms with Crippen LogP contribution in [-0.4, -0.2) is 19.7 Å². The fraction of sp³-hybridized carbons (Fsp3) is 0.733.